The van der Waals surface area contributed by atoms with E-state index in [2.05, 4.69) is 11.9 Å². The number of nitrogens with one attached hydrogen (secondary N) is 1. The average Bonchev–Trinajstić information content (AvgIpc) is 3.39. The van der Waals surface area contributed by atoms with Crippen molar-refractivity contribution in [3.8, 4) is 0 Å². The van der Waals surface area contributed by atoms with E-state index in [1.165, 1.54) is 6.08 Å². The van der Waals surface area contributed by atoms with Crippen molar-refractivity contribution in [2.24, 2.45) is 5.92 Å². The van der Waals surface area contributed by atoms with Gasteiger partial charge in [-0.25, -0.2) is 4.79 Å². The van der Waals surface area contributed by atoms with E-state index in [1.807, 2.05) is 44.2 Å². The molecule has 0 aliphatic carbocycles. The summed E-state index contributed by atoms with van der Waals surface area (Å²) in [6, 6.07) is 8.22. The third kappa shape index (κ3) is 5.27. The number of carbonyl (C=O) groups excluding carboxylic acids is 3. The maximum absolute atomic E-state index is 13.2. The summed E-state index contributed by atoms with van der Waals surface area (Å²) in [4.78, 5) is 39.9. The van der Waals surface area contributed by atoms with Crippen molar-refractivity contribution in [1.82, 2.24) is 10.2 Å². The highest BCUT2D eigenvalue weighted by Crippen LogP contribution is 2.38. The Hall–Kier alpha value is -2.67. The molecular weight excluding hydrogens is 384 g/mol. The average molecular weight is 415 g/mol. The predicted molar refractivity (Wildman–Crippen MR) is 111 cm³/mol. The van der Waals surface area contributed by atoms with Crippen molar-refractivity contribution in [3.63, 3.8) is 0 Å². The van der Waals surface area contributed by atoms with E-state index in [-0.39, 0.29) is 30.4 Å². The van der Waals surface area contributed by atoms with Gasteiger partial charge >= 0.3 is 5.97 Å². The van der Waals surface area contributed by atoms with Crippen LogP contribution in [0.3, 0.4) is 0 Å². The summed E-state index contributed by atoms with van der Waals surface area (Å²) in [5, 5.41) is 2.87. The van der Waals surface area contributed by atoms with E-state index in [9.17, 15) is 14.4 Å². The number of hydrogen-bond donors (Lipinski definition) is 1. The largest absolute Gasteiger partial charge is 0.460 e. The maximum atomic E-state index is 13.2. The molecule has 0 saturated carbocycles. The second kappa shape index (κ2) is 9.89. The molecule has 7 heteroatoms. The van der Waals surface area contributed by atoms with Crippen LogP contribution < -0.4 is 5.32 Å². The van der Waals surface area contributed by atoms with Gasteiger partial charge in [-0.2, -0.15) is 0 Å². The molecule has 2 heterocycles. The molecular formula is C23H30N2O5. The topological polar surface area (TPSA) is 88.2 Å². The number of epoxide rings is 1. The minimum Gasteiger partial charge on any atom is -0.460 e. The molecule has 0 unspecified atom stereocenters. The molecule has 2 fully saturated rings. The lowest BCUT2D eigenvalue weighted by atomic mass is 10.0. The van der Waals surface area contributed by atoms with Crippen LogP contribution in [-0.4, -0.2) is 54.0 Å². The zero-order valence-corrected chi connectivity index (χ0v) is 17.6. The summed E-state index contributed by atoms with van der Waals surface area (Å²) in [5.74, 6) is -0.775. The summed E-state index contributed by atoms with van der Waals surface area (Å²) in [6.45, 7) is 8.12. The molecule has 7 nitrogen and oxygen atoms in total. The van der Waals surface area contributed by atoms with Crippen molar-refractivity contribution in [2.75, 3.05) is 13.2 Å². The number of esters is 1. The van der Waals surface area contributed by atoms with Gasteiger partial charge in [-0.15, -0.1) is 0 Å². The van der Waals surface area contributed by atoms with Crippen LogP contribution in [0.5, 0.6) is 0 Å². The Morgan fingerprint density at radius 2 is 2.03 bits per heavy atom. The second-order valence-electron chi connectivity index (χ2n) is 8.19. The van der Waals surface area contributed by atoms with Crippen LogP contribution in [0.2, 0.25) is 0 Å². The SMILES string of the molecule is C=CCOC(=O)[C@@H]1CCCN1C(=O)[C@H](CC(C)C)NC(=O)[C@H]1O[C@@H]1c1ccccc1. The zero-order valence-electron chi connectivity index (χ0n) is 17.6. The smallest absolute Gasteiger partial charge is 0.329 e. The number of amides is 2. The lowest BCUT2D eigenvalue weighted by molar-refractivity contribution is -0.153. The summed E-state index contributed by atoms with van der Waals surface area (Å²) >= 11 is 0. The molecule has 0 radical (unpaired) electrons. The van der Waals surface area contributed by atoms with E-state index < -0.39 is 24.2 Å². The van der Waals surface area contributed by atoms with Gasteiger partial charge < -0.3 is 19.7 Å². The van der Waals surface area contributed by atoms with Gasteiger partial charge in [-0.05, 0) is 30.7 Å². The van der Waals surface area contributed by atoms with E-state index in [0.717, 1.165) is 12.0 Å². The molecule has 30 heavy (non-hydrogen) atoms. The van der Waals surface area contributed by atoms with Crippen LogP contribution in [0.4, 0.5) is 0 Å². The Balaban J connectivity index is 1.65. The summed E-state index contributed by atoms with van der Waals surface area (Å²) in [5.41, 5.74) is 0.939. The minimum absolute atomic E-state index is 0.114. The standard InChI is InChI=1S/C23H30N2O5/c1-4-13-29-23(28)18-11-8-12-25(18)22(27)17(14-15(2)3)24-21(26)20-19(30-20)16-9-6-5-7-10-16/h4-7,9-10,15,17-20H,1,8,11-14H2,2-3H3,(H,24,26)/t17-,18-,19+,20-/m0/s1. The van der Waals surface area contributed by atoms with Gasteiger partial charge in [0.25, 0.3) is 5.91 Å². The zero-order chi connectivity index (χ0) is 21.7. The Bertz CT molecular complexity index is 779. The summed E-state index contributed by atoms with van der Waals surface area (Å²) in [7, 11) is 0. The van der Waals surface area contributed by atoms with Crippen LogP contribution in [0.25, 0.3) is 0 Å². The van der Waals surface area contributed by atoms with Gasteiger partial charge in [0.2, 0.25) is 5.91 Å². The number of hydrogen-bond acceptors (Lipinski definition) is 5. The Kier molecular flexibility index (Phi) is 7.26. The quantitative estimate of drug-likeness (QED) is 0.381. The molecule has 2 aliphatic heterocycles. The molecule has 162 valence electrons. The predicted octanol–water partition coefficient (Wildman–Crippen LogP) is 2.38. The molecule has 0 spiro atoms. The molecule has 2 amide bonds. The van der Waals surface area contributed by atoms with Crippen LogP contribution in [0.15, 0.2) is 43.0 Å². The van der Waals surface area contributed by atoms with Crippen LogP contribution in [-0.2, 0) is 23.9 Å². The van der Waals surface area contributed by atoms with Gasteiger partial charge in [-0.1, -0.05) is 56.8 Å². The van der Waals surface area contributed by atoms with E-state index >= 15 is 0 Å². The highest BCUT2D eigenvalue weighted by molar-refractivity contribution is 5.93. The van der Waals surface area contributed by atoms with Crippen LogP contribution >= 0.6 is 0 Å². The number of rotatable bonds is 9. The lowest BCUT2D eigenvalue weighted by Crippen LogP contribution is -2.53. The Morgan fingerprint density at radius 1 is 1.30 bits per heavy atom. The normalized spacial score (nSPS) is 23.7. The number of nitrogens with zero attached hydrogens (tertiary/aromatic N) is 1. The molecule has 1 aromatic carbocycles. The van der Waals surface area contributed by atoms with Gasteiger partial charge in [0.15, 0.2) is 6.10 Å². The first-order valence-electron chi connectivity index (χ1n) is 10.5. The molecule has 2 saturated heterocycles. The van der Waals surface area contributed by atoms with Crippen molar-refractivity contribution < 1.29 is 23.9 Å². The van der Waals surface area contributed by atoms with Gasteiger partial charge in [0.05, 0.1) is 0 Å². The van der Waals surface area contributed by atoms with E-state index in [4.69, 9.17) is 9.47 Å². The van der Waals surface area contributed by atoms with Gasteiger partial charge in [-0.3, -0.25) is 9.59 Å². The number of ether oxygens (including phenoxy) is 2. The molecule has 0 bridgehead atoms. The molecule has 1 N–H and O–H groups in total. The molecule has 1 aromatic rings. The number of benzene rings is 1. The van der Waals surface area contributed by atoms with E-state index in [1.54, 1.807) is 4.90 Å². The number of likely N-dealkylation sites (tertiary alicyclic amines) is 1. The Morgan fingerprint density at radius 3 is 2.70 bits per heavy atom. The first kappa shape index (κ1) is 22.0. The fraction of sp³-hybridized carbons (Fsp3) is 0.522. The third-order valence-corrected chi connectivity index (χ3v) is 5.35. The maximum Gasteiger partial charge on any atom is 0.329 e. The van der Waals surface area contributed by atoms with Crippen LogP contribution in [0, 0.1) is 5.92 Å². The first-order valence-corrected chi connectivity index (χ1v) is 10.5. The third-order valence-electron chi connectivity index (χ3n) is 5.35. The fourth-order valence-corrected chi connectivity index (χ4v) is 3.87. The molecule has 0 aromatic heterocycles. The molecule has 4 atom stereocenters. The monoisotopic (exact) mass is 414 g/mol. The Labute approximate surface area is 177 Å². The fourth-order valence-electron chi connectivity index (χ4n) is 3.87. The minimum atomic E-state index is -0.703. The van der Waals surface area contributed by atoms with E-state index in [0.29, 0.717) is 19.4 Å². The highest BCUT2D eigenvalue weighted by atomic mass is 16.6. The van der Waals surface area contributed by atoms with Gasteiger partial charge in [0.1, 0.15) is 24.8 Å². The lowest BCUT2D eigenvalue weighted by Gasteiger charge is -2.29. The van der Waals surface area contributed by atoms with Crippen LogP contribution in [0.1, 0.15) is 44.8 Å². The van der Waals surface area contributed by atoms with Gasteiger partial charge in [0, 0.05) is 6.54 Å². The number of carbonyl (C=O) groups is 3. The summed E-state index contributed by atoms with van der Waals surface area (Å²) < 4.78 is 10.7. The summed E-state index contributed by atoms with van der Waals surface area (Å²) in [6.07, 6.45) is 2.39. The van der Waals surface area contributed by atoms with Crippen molar-refractivity contribution >= 4 is 17.8 Å². The molecule has 3 rings (SSSR count). The molecule has 2 aliphatic rings. The van der Waals surface area contributed by atoms with Crippen molar-refractivity contribution in [1.29, 1.82) is 0 Å². The van der Waals surface area contributed by atoms with Crippen molar-refractivity contribution in [3.05, 3.63) is 48.6 Å². The highest BCUT2D eigenvalue weighted by Gasteiger charge is 2.47. The second-order valence-corrected chi connectivity index (χ2v) is 8.19. The van der Waals surface area contributed by atoms with Crippen molar-refractivity contribution in [2.45, 2.75) is 57.4 Å². The first-order chi connectivity index (χ1) is 14.4.